The average molecular weight is 284 g/mol. The Kier molecular flexibility index (Phi) is 3.78. The van der Waals surface area contributed by atoms with Crippen molar-refractivity contribution < 1.29 is 9.53 Å². The smallest absolute Gasteiger partial charge is 0.357 e. The fraction of sp³-hybridized carbons (Fsp3) is 0.412. The Morgan fingerprint density at radius 2 is 1.81 bits per heavy atom. The van der Waals surface area contributed by atoms with E-state index >= 15 is 0 Å². The van der Waals surface area contributed by atoms with Crippen molar-refractivity contribution >= 4 is 22.6 Å². The number of ether oxygens (including phenoxy) is 1. The molecule has 1 aliphatic rings. The molecule has 2 aromatic rings. The molecule has 3 rings (SSSR count). The molecule has 21 heavy (non-hydrogen) atoms. The predicted octanol–water partition coefficient (Wildman–Crippen LogP) is 3.32. The molecule has 1 saturated heterocycles. The van der Waals surface area contributed by atoms with E-state index in [0.29, 0.717) is 5.69 Å². The lowest BCUT2D eigenvalue weighted by atomic mass is 10.0. The van der Waals surface area contributed by atoms with Crippen LogP contribution in [0.2, 0.25) is 0 Å². The zero-order valence-corrected chi connectivity index (χ0v) is 12.6. The van der Waals surface area contributed by atoms with Gasteiger partial charge in [-0.25, -0.2) is 9.78 Å². The third-order valence-electron chi connectivity index (χ3n) is 4.18. The van der Waals surface area contributed by atoms with E-state index in [1.54, 1.807) is 0 Å². The standard InChI is InChI=1S/C17H20N2O2/c1-12-13-8-4-5-9-14(13)16(18-15(12)17(20)21-2)19-10-6-3-7-11-19/h4-5,8-9H,3,6-7,10-11H2,1-2H3. The molecule has 0 atom stereocenters. The van der Waals surface area contributed by atoms with Gasteiger partial charge < -0.3 is 9.64 Å². The summed E-state index contributed by atoms with van der Waals surface area (Å²) in [6.07, 6.45) is 3.62. The second-order valence-corrected chi connectivity index (χ2v) is 5.49. The van der Waals surface area contributed by atoms with Crippen LogP contribution in [0.1, 0.15) is 35.3 Å². The zero-order chi connectivity index (χ0) is 14.8. The van der Waals surface area contributed by atoms with E-state index in [1.807, 2.05) is 25.1 Å². The van der Waals surface area contributed by atoms with Crippen LogP contribution >= 0.6 is 0 Å². The molecule has 0 amide bonds. The number of methoxy groups -OCH3 is 1. The van der Waals surface area contributed by atoms with Gasteiger partial charge >= 0.3 is 5.97 Å². The molecule has 0 spiro atoms. The highest BCUT2D eigenvalue weighted by atomic mass is 16.5. The maximum absolute atomic E-state index is 12.0. The van der Waals surface area contributed by atoms with Gasteiger partial charge in [0.1, 0.15) is 5.82 Å². The average Bonchev–Trinajstić information content (AvgIpc) is 2.55. The minimum Gasteiger partial charge on any atom is -0.464 e. The highest BCUT2D eigenvalue weighted by Gasteiger charge is 2.21. The van der Waals surface area contributed by atoms with Crippen molar-refractivity contribution in [2.75, 3.05) is 25.1 Å². The summed E-state index contributed by atoms with van der Waals surface area (Å²) in [4.78, 5) is 18.9. The van der Waals surface area contributed by atoms with Crippen LogP contribution in [0.5, 0.6) is 0 Å². The number of aryl methyl sites for hydroxylation is 1. The van der Waals surface area contributed by atoms with Gasteiger partial charge in [-0.2, -0.15) is 0 Å². The molecule has 2 heterocycles. The fourth-order valence-corrected chi connectivity index (χ4v) is 3.02. The van der Waals surface area contributed by atoms with E-state index < -0.39 is 0 Å². The first-order valence-electron chi connectivity index (χ1n) is 7.45. The first kappa shape index (κ1) is 13.9. The quantitative estimate of drug-likeness (QED) is 0.793. The van der Waals surface area contributed by atoms with E-state index in [4.69, 9.17) is 4.74 Å². The Morgan fingerprint density at radius 1 is 1.14 bits per heavy atom. The van der Waals surface area contributed by atoms with Gasteiger partial charge in [0.05, 0.1) is 7.11 Å². The van der Waals surface area contributed by atoms with E-state index in [1.165, 1.54) is 26.4 Å². The molecule has 4 heteroatoms. The molecule has 1 aliphatic heterocycles. The third kappa shape index (κ3) is 2.46. The third-order valence-corrected chi connectivity index (χ3v) is 4.18. The summed E-state index contributed by atoms with van der Waals surface area (Å²) in [6.45, 7) is 3.93. The van der Waals surface area contributed by atoms with Crippen molar-refractivity contribution in [1.82, 2.24) is 4.98 Å². The van der Waals surface area contributed by atoms with Crippen molar-refractivity contribution in [2.24, 2.45) is 0 Å². The highest BCUT2D eigenvalue weighted by molar-refractivity contribution is 6.01. The topological polar surface area (TPSA) is 42.4 Å². The molecule has 1 aromatic carbocycles. The number of pyridine rings is 1. The van der Waals surface area contributed by atoms with Crippen molar-refractivity contribution in [3.8, 4) is 0 Å². The number of fused-ring (bicyclic) bond motifs is 1. The van der Waals surface area contributed by atoms with Crippen molar-refractivity contribution in [3.05, 3.63) is 35.5 Å². The van der Waals surface area contributed by atoms with E-state index in [0.717, 1.165) is 35.2 Å². The molecular weight excluding hydrogens is 264 g/mol. The Morgan fingerprint density at radius 3 is 2.48 bits per heavy atom. The highest BCUT2D eigenvalue weighted by Crippen LogP contribution is 2.31. The maximum Gasteiger partial charge on any atom is 0.357 e. The van der Waals surface area contributed by atoms with Gasteiger partial charge in [0.25, 0.3) is 0 Å². The molecule has 0 radical (unpaired) electrons. The number of anilines is 1. The molecule has 0 saturated carbocycles. The van der Waals surface area contributed by atoms with Gasteiger partial charge in [0.2, 0.25) is 0 Å². The number of hydrogen-bond acceptors (Lipinski definition) is 4. The molecule has 1 aromatic heterocycles. The molecule has 0 aliphatic carbocycles. The van der Waals surface area contributed by atoms with Gasteiger partial charge in [0.15, 0.2) is 5.69 Å². The lowest BCUT2D eigenvalue weighted by Crippen LogP contribution is -2.31. The number of benzene rings is 1. The number of aromatic nitrogens is 1. The molecule has 1 fully saturated rings. The number of rotatable bonds is 2. The fourth-order valence-electron chi connectivity index (χ4n) is 3.02. The van der Waals surface area contributed by atoms with Crippen LogP contribution in [-0.2, 0) is 4.74 Å². The van der Waals surface area contributed by atoms with Crippen LogP contribution < -0.4 is 4.90 Å². The summed E-state index contributed by atoms with van der Waals surface area (Å²) in [6, 6.07) is 8.15. The van der Waals surface area contributed by atoms with Gasteiger partial charge in [-0.15, -0.1) is 0 Å². The lowest BCUT2D eigenvalue weighted by Gasteiger charge is -2.29. The first-order chi connectivity index (χ1) is 10.2. The number of hydrogen-bond donors (Lipinski definition) is 0. The monoisotopic (exact) mass is 284 g/mol. The molecular formula is C17H20N2O2. The van der Waals surface area contributed by atoms with E-state index in [-0.39, 0.29) is 5.97 Å². The van der Waals surface area contributed by atoms with Crippen LogP contribution in [0.15, 0.2) is 24.3 Å². The zero-order valence-electron chi connectivity index (χ0n) is 12.6. The van der Waals surface area contributed by atoms with Crippen LogP contribution in [-0.4, -0.2) is 31.2 Å². The van der Waals surface area contributed by atoms with Crippen molar-refractivity contribution in [1.29, 1.82) is 0 Å². The minimum atomic E-state index is -0.364. The van der Waals surface area contributed by atoms with Gasteiger partial charge in [-0.05, 0) is 37.1 Å². The van der Waals surface area contributed by atoms with Crippen LogP contribution in [0.4, 0.5) is 5.82 Å². The maximum atomic E-state index is 12.0. The summed E-state index contributed by atoms with van der Waals surface area (Å²) in [7, 11) is 1.40. The molecule has 0 unspecified atom stereocenters. The minimum absolute atomic E-state index is 0.364. The van der Waals surface area contributed by atoms with Crippen LogP contribution in [0, 0.1) is 6.92 Å². The van der Waals surface area contributed by atoms with Crippen molar-refractivity contribution in [3.63, 3.8) is 0 Å². The van der Waals surface area contributed by atoms with E-state index in [9.17, 15) is 4.79 Å². The molecule has 0 N–H and O–H groups in total. The second-order valence-electron chi connectivity index (χ2n) is 5.49. The summed E-state index contributed by atoms with van der Waals surface area (Å²) < 4.78 is 4.89. The number of esters is 1. The normalized spacial score (nSPS) is 15.2. The van der Waals surface area contributed by atoms with Crippen LogP contribution in [0.25, 0.3) is 10.8 Å². The summed E-state index contributed by atoms with van der Waals surface area (Å²) in [5, 5.41) is 2.19. The first-order valence-corrected chi connectivity index (χ1v) is 7.45. The molecule has 110 valence electrons. The number of carbonyl (C=O) groups excluding carboxylic acids is 1. The Labute approximate surface area is 124 Å². The summed E-state index contributed by atoms with van der Waals surface area (Å²) in [5.74, 6) is 0.549. The molecule has 4 nitrogen and oxygen atoms in total. The Hall–Kier alpha value is -2.10. The lowest BCUT2D eigenvalue weighted by molar-refractivity contribution is 0.0593. The second kappa shape index (κ2) is 5.72. The van der Waals surface area contributed by atoms with Gasteiger partial charge in [0, 0.05) is 18.5 Å². The van der Waals surface area contributed by atoms with E-state index in [2.05, 4.69) is 16.0 Å². The SMILES string of the molecule is COC(=O)c1nc(N2CCCCC2)c2ccccc2c1C. The Bertz CT molecular complexity index is 676. The summed E-state index contributed by atoms with van der Waals surface area (Å²) >= 11 is 0. The van der Waals surface area contributed by atoms with Gasteiger partial charge in [-0.3, -0.25) is 0 Å². The van der Waals surface area contributed by atoms with Crippen LogP contribution in [0.3, 0.4) is 0 Å². The largest absolute Gasteiger partial charge is 0.464 e. The number of piperidine rings is 1. The molecule has 0 bridgehead atoms. The predicted molar refractivity (Wildman–Crippen MR) is 83.9 cm³/mol. The van der Waals surface area contributed by atoms with Gasteiger partial charge in [-0.1, -0.05) is 24.3 Å². The Balaban J connectivity index is 2.21. The number of nitrogens with zero attached hydrogens (tertiary/aromatic N) is 2. The van der Waals surface area contributed by atoms with Crippen molar-refractivity contribution in [2.45, 2.75) is 26.2 Å². The summed E-state index contributed by atoms with van der Waals surface area (Å²) in [5.41, 5.74) is 1.31. The number of carbonyl (C=O) groups is 1.